The summed E-state index contributed by atoms with van der Waals surface area (Å²) < 4.78 is 71.6. The Labute approximate surface area is 196 Å². The summed E-state index contributed by atoms with van der Waals surface area (Å²) in [5, 5.41) is 0. The van der Waals surface area contributed by atoms with Gasteiger partial charge < -0.3 is 9.64 Å². The highest BCUT2D eigenvalue weighted by atomic mass is 32.2. The molecule has 0 spiro atoms. The van der Waals surface area contributed by atoms with Gasteiger partial charge in [-0.25, -0.2) is 8.42 Å². The Kier molecular flexibility index (Phi) is 7.98. The van der Waals surface area contributed by atoms with E-state index >= 15 is 0 Å². The zero-order chi connectivity index (χ0) is 24.9. The molecule has 0 N–H and O–H groups in total. The van der Waals surface area contributed by atoms with Gasteiger partial charge in [-0.2, -0.15) is 17.5 Å². The molecule has 0 unspecified atom stereocenters. The second-order valence-corrected chi connectivity index (χ2v) is 9.72. The highest BCUT2D eigenvalue weighted by Crippen LogP contribution is 2.28. The van der Waals surface area contributed by atoms with E-state index in [-0.39, 0.29) is 50.5 Å². The van der Waals surface area contributed by atoms with Gasteiger partial charge in [-0.05, 0) is 42.2 Å². The summed E-state index contributed by atoms with van der Waals surface area (Å²) in [6.45, 7) is 1.25. The summed E-state index contributed by atoms with van der Waals surface area (Å²) in [5.74, 6) is -2.49. The Hall–Kier alpha value is -2.92. The molecule has 11 heteroatoms. The van der Waals surface area contributed by atoms with E-state index in [4.69, 9.17) is 4.74 Å². The van der Waals surface area contributed by atoms with Crippen LogP contribution in [0.1, 0.15) is 30.0 Å². The molecule has 0 aliphatic carbocycles. The van der Waals surface area contributed by atoms with E-state index in [1.54, 1.807) is 43.3 Å². The first-order valence-corrected chi connectivity index (χ1v) is 12.1. The smallest absolute Gasteiger partial charge is 0.466 e. The maximum absolute atomic E-state index is 13.5. The number of sulfonamides is 1. The van der Waals surface area contributed by atoms with Gasteiger partial charge >= 0.3 is 18.1 Å². The number of esters is 1. The van der Waals surface area contributed by atoms with Crippen molar-refractivity contribution in [1.82, 2.24) is 9.21 Å². The number of carbonyl (C=O) groups is 2. The standard InChI is InChI=1S/C23H25F3N2O5S/c1-2-33-21(29)11-13-28(15-17-6-4-3-5-7-17)34(31,32)20-9-8-18-10-12-27(16-19(18)14-20)22(30)23(24,25)26/h3-9,14H,2,10-13,15-16H2,1H3. The maximum Gasteiger partial charge on any atom is 0.471 e. The molecule has 184 valence electrons. The fraction of sp³-hybridized carbons (Fsp3) is 0.391. The Balaban J connectivity index is 1.88. The predicted octanol–water partition coefficient (Wildman–Crippen LogP) is 3.28. The number of carbonyl (C=O) groups excluding carboxylic acids is 2. The van der Waals surface area contributed by atoms with Crippen LogP contribution < -0.4 is 0 Å². The molecular formula is C23H25F3N2O5S. The predicted molar refractivity (Wildman–Crippen MR) is 117 cm³/mol. The molecule has 0 saturated carbocycles. The fourth-order valence-corrected chi connectivity index (χ4v) is 5.20. The van der Waals surface area contributed by atoms with Gasteiger partial charge in [0.25, 0.3) is 0 Å². The van der Waals surface area contributed by atoms with Crippen LogP contribution in [0.5, 0.6) is 0 Å². The number of nitrogens with zero attached hydrogens (tertiary/aromatic N) is 2. The van der Waals surface area contributed by atoms with E-state index in [0.717, 1.165) is 4.31 Å². The summed E-state index contributed by atoms with van der Waals surface area (Å²) in [6.07, 6.45) is -4.96. The molecule has 0 bridgehead atoms. The average molecular weight is 499 g/mol. The van der Waals surface area contributed by atoms with Gasteiger partial charge in [0.05, 0.1) is 17.9 Å². The lowest BCUT2D eigenvalue weighted by atomic mass is 10.00. The minimum atomic E-state index is -5.00. The molecule has 2 aromatic carbocycles. The van der Waals surface area contributed by atoms with Crippen molar-refractivity contribution in [2.75, 3.05) is 19.7 Å². The molecule has 0 radical (unpaired) electrons. The van der Waals surface area contributed by atoms with Crippen LogP contribution in [0.25, 0.3) is 0 Å². The van der Waals surface area contributed by atoms with Crippen molar-refractivity contribution in [3.05, 3.63) is 65.2 Å². The minimum absolute atomic E-state index is 0.00164. The molecule has 1 amide bonds. The van der Waals surface area contributed by atoms with Crippen molar-refractivity contribution in [3.8, 4) is 0 Å². The van der Waals surface area contributed by atoms with Crippen molar-refractivity contribution in [1.29, 1.82) is 0 Å². The Morgan fingerprint density at radius 2 is 1.79 bits per heavy atom. The third kappa shape index (κ3) is 6.15. The monoisotopic (exact) mass is 498 g/mol. The molecule has 1 aliphatic heterocycles. The number of alkyl halides is 3. The van der Waals surface area contributed by atoms with Crippen LogP contribution in [-0.2, 0) is 43.9 Å². The maximum atomic E-state index is 13.5. The summed E-state index contributed by atoms with van der Waals surface area (Å²) >= 11 is 0. The van der Waals surface area contributed by atoms with Gasteiger partial charge in [-0.3, -0.25) is 9.59 Å². The lowest BCUT2D eigenvalue weighted by Gasteiger charge is -2.30. The molecule has 0 fully saturated rings. The summed E-state index contributed by atoms with van der Waals surface area (Å²) in [6, 6.07) is 13.1. The van der Waals surface area contributed by atoms with Crippen molar-refractivity contribution in [2.45, 2.75) is 43.9 Å². The lowest BCUT2D eigenvalue weighted by molar-refractivity contribution is -0.186. The van der Waals surface area contributed by atoms with Gasteiger partial charge in [0.15, 0.2) is 0 Å². The number of fused-ring (bicyclic) bond motifs is 1. The van der Waals surface area contributed by atoms with Crippen molar-refractivity contribution < 1.29 is 35.9 Å². The third-order valence-corrected chi connectivity index (χ3v) is 7.27. The number of halogens is 3. The molecule has 0 saturated heterocycles. The Bertz CT molecular complexity index is 1140. The third-order valence-electron chi connectivity index (χ3n) is 5.43. The average Bonchev–Trinajstić information content (AvgIpc) is 2.80. The topological polar surface area (TPSA) is 84.0 Å². The minimum Gasteiger partial charge on any atom is -0.466 e. The Morgan fingerprint density at radius 3 is 2.44 bits per heavy atom. The number of benzene rings is 2. The van der Waals surface area contributed by atoms with Crippen LogP contribution in [0, 0.1) is 0 Å². The first-order valence-electron chi connectivity index (χ1n) is 10.7. The van der Waals surface area contributed by atoms with Crippen LogP contribution in [0.3, 0.4) is 0 Å². The zero-order valence-electron chi connectivity index (χ0n) is 18.5. The SMILES string of the molecule is CCOC(=O)CCN(Cc1ccccc1)S(=O)(=O)c1ccc2c(c1)CN(C(=O)C(F)(F)F)CC2. The van der Waals surface area contributed by atoms with Crippen molar-refractivity contribution in [3.63, 3.8) is 0 Å². The van der Waals surface area contributed by atoms with Gasteiger partial charge in [-0.15, -0.1) is 0 Å². The van der Waals surface area contributed by atoms with E-state index in [1.165, 1.54) is 12.1 Å². The molecule has 3 rings (SSSR count). The molecule has 1 aliphatic rings. The number of rotatable bonds is 8. The molecule has 0 atom stereocenters. The highest BCUT2D eigenvalue weighted by Gasteiger charge is 2.43. The summed E-state index contributed by atoms with van der Waals surface area (Å²) in [5.41, 5.74) is 1.73. The molecule has 0 aromatic heterocycles. The molecule has 7 nitrogen and oxygen atoms in total. The van der Waals surface area contributed by atoms with E-state index in [2.05, 4.69) is 0 Å². The van der Waals surface area contributed by atoms with E-state index in [9.17, 15) is 31.2 Å². The quantitative estimate of drug-likeness (QED) is 0.522. The lowest BCUT2D eigenvalue weighted by Crippen LogP contribution is -2.43. The van der Waals surface area contributed by atoms with Crippen LogP contribution in [0.2, 0.25) is 0 Å². The number of hydrogen-bond donors (Lipinski definition) is 0. The molecule has 2 aromatic rings. The second-order valence-electron chi connectivity index (χ2n) is 7.78. The van der Waals surface area contributed by atoms with Gasteiger partial charge in [0.1, 0.15) is 0 Å². The first kappa shape index (κ1) is 25.7. The largest absolute Gasteiger partial charge is 0.471 e. The van der Waals surface area contributed by atoms with Crippen molar-refractivity contribution >= 4 is 21.9 Å². The van der Waals surface area contributed by atoms with E-state index in [1.807, 2.05) is 0 Å². The molecule has 1 heterocycles. The summed E-state index contributed by atoms with van der Waals surface area (Å²) in [7, 11) is -4.11. The number of ether oxygens (including phenoxy) is 1. The highest BCUT2D eigenvalue weighted by molar-refractivity contribution is 7.89. The van der Waals surface area contributed by atoms with Crippen LogP contribution in [0.15, 0.2) is 53.4 Å². The van der Waals surface area contributed by atoms with Crippen LogP contribution in [-0.4, -0.2) is 55.4 Å². The first-order chi connectivity index (χ1) is 16.0. The molecule has 34 heavy (non-hydrogen) atoms. The Morgan fingerprint density at radius 1 is 1.09 bits per heavy atom. The normalized spacial score (nSPS) is 14.1. The second kappa shape index (κ2) is 10.6. The zero-order valence-corrected chi connectivity index (χ0v) is 19.4. The van der Waals surface area contributed by atoms with Crippen LogP contribution in [0.4, 0.5) is 13.2 Å². The number of hydrogen-bond acceptors (Lipinski definition) is 5. The summed E-state index contributed by atoms with van der Waals surface area (Å²) in [4.78, 5) is 24.1. The fourth-order valence-electron chi connectivity index (χ4n) is 3.72. The van der Waals surface area contributed by atoms with Crippen LogP contribution >= 0.6 is 0 Å². The van der Waals surface area contributed by atoms with Gasteiger partial charge in [0, 0.05) is 26.2 Å². The van der Waals surface area contributed by atoms with Crippen molar-refractivity contribution in [2.24, 2.45) is 0 Å². The molecular weight excluding hydrogens is 473 g/mol. The number of amides is 1. The van der Waals surface area contributed by atoms with Gasteiger partial charge in [0.2, 0.25) is 10.0 Å². The van der Waals surface area contributed by atoms with E-state index in [0.29, 0.717) is 21.6 Å². The van der Waals surface area contributed by atoms with E-state index < -0.39 is 28.1 Å². The van der Waals surface area contributed by atoms with Gasteiger partial charge in [-0.1, -0.05) is 36.4 Å².